The second-order valence-electron chi connectivity index (χ2n) is 4.75. The van der Waals surface area contributed by atoms with Gasteiger partial charge in [-0.05, 0) is 51.9 Å². The van der Waals surface area contributed by atoms with Crippen molar-refractivity contribution in [2.75, 3.05) is 45.9 Å². The Balaban J connectivity index is 1.52. The van der Waals surface area contributed by atoms with Crippen molar-refractivity contribution in [3.05, 3.63) is 0 Å². The summed E-state index contributed by atoms with van der Waals surface area (Å²) in [6.45, 7) is 6.41. The largest absolute Gasteiger partial charge is 0.463 e. The average Bonchev–Trinajstić information content (AvgIpc) is 2.90. The molecule has 92 valence electrons. The third-order valence-electron chi connectivity index (χ3n) is 3.42. The van der Waals surface area contributed by atoms with Gasteiger partial charge in [-0.25, -0.2) is 0 Å². The van der Waals surface area contributed by atoms with Crippen LogP contribution in [0.5, 0.6) is 0 Å². The summed E-state index contributed by atoms with van der Waals surface area (Å²) in [4.78, 5) is 16.0. The summed E-state index contributed by atoms with van der Waals surface area (Å²) in [5, 5.41) is 0. The first-order valence-electron chi connectivity index (χ1n) is 6.45. The molecule has 0 aromatic heterocycles. The van der Waals surface area contributed by atoms with Gasteiger partial charge in [-0.2, -0.15) is 0 Å². The van der Waals surface area contributed by atoms with Crippen molar-refractivity contribution < 1.29 is 9.53 Å². The normalized spacial score (nSPS) is 22.8. The lowest BCUT2D eigenvalue weighted by molar-refractivity contribution is -0.145. The maximum absolute atomic E-state index is 11.5. The lowest BCUT2D eigenvalue weighted by Gasteiger charge is -2.16. The van der Waals surface area contributed by atoms with Gasteiger partial charge >= 0.3 is 5.97 Å². The molecule has 0 spiro atoms. The van der Waals surface area contributed by atoms with Crippen LogP contribution in [0.3, 0.4) is 0 Å². The Labute approximate surface area is 97.5 Å². The fraction of sp³-hybridized carbons (Fsp3) is 0.917. The molecule has 2 fully saturated rings. The Morgan fingerprint density at radius 2 is 1.50 bits per heavy atom. The molecule has 4 heteroatoms. The van der Waals surface area contributed by atoms with Crippen LogP contribution in [0.25, 0.3) is 0 Å². The van der Waals surface area contributed by atoms with Gasteiger partial charge in [-0.3, -0.25) is 14.6 Å². The summed E-state index contributed by atoms with van der Waals surface area (Å²) in [5.74, 6) is -0.0545. The molecule has 0 N–H and O–H groups in total. The van der Waals surface area contributed by atoms with E-state index in [9.17, 15) is 4.79 Å². The second-order valence-corrected chi connectivity index (χ2v) is 4.75. The number of carbonyl (C=O) groups is 1. The second kappa shape index (κ2) is 6.21. The zero-order valence-corrected chi connectivity index (χ0v) is 9.99. The third-order valence-corrected chi connectivity index (χ3v) is 3.42. The van der Waals surface area contributed by atoms with Gasteiger partial charge in [0.1, 0.15) is 6.61 Å². The molecule has 2 aliphatic rings. The lowest BCUT2D eigenvalue weighted by Crippen LogP contribution is -2.30. The molecule has 2 saturated heterocycles. The highest BCUT2D eigenvalue weighted by atomic mass is 16.5. The molecule has 0 bridgehead atoms. The van der Waals surface area contributed by atoms with Crippen molar-refractivity contribution in [2.24, 2.45) is 0 Å². The van der Waals surface area contributed by atoms with E-state index in [0.29, 0.717) is 13.2 Å². The molecular weight excluding hydrogens is 204 g/mol. The molecule has 16 heavy (non-hydrogen) atoms. The van der Waals surface area contributed by atoms with Gasteiger partial charge in [0.15, 0.2) is 0 Å². The zero-order chi connectivity index (χ0) is 11.2. The van der Waals surface area contributed by atoms with E-state index in [1.54, 1.807) is 0 Å². The maximum atomic E-state index is 11.5. The van der Waals surface area contributed by atoms with E-state index in [1.165, 1.54) is 38.8 Å². The van der Waals surface area contributed by atoms with Gasteiger partial charge in [0.2, 0.25) is 0 Å². The van der Waals surface area contributed by atoms with E-state index in [0.717, 1.165) is 19.6 Å². The number of carbonyl (C=O) groups excluding carboxylic acids is 1. The van der Waals surface area contributed by atoms with Crippen LogP contribution >= 0.6 is 0 Å². The molecular formula is C12H22N2O2. The standard InChI is InChI=1S/C12H22N2O2/c15-12(11-14-7-3-4-8-14)16-10-9-13-5-1-2-6-13/h1-11H2. The monoisotopic (exact) mass is 226 g/mol. The molecule has 0 aromatic carbocycles. The first-order chi connectivity index (χ1) is 7.84. The molecule has 2 rings (SSSR count). The number of ether oxygens (including phenoxy) is 1. The van der Waals surface area contributed by atoms with Gasteiger partial charge in [0, 0.05) is 6.54 Å². The van der Waals surface area contributed by atoms with Crippen molar-refractivity contribution in [1.29, 1.82) is 0 Å². The van der Waals surface area contributed by atoms with Gasteiger partial charge < -0.3 is 4.74 Å². The van der Waals surface area contributed by atoms with Crippen LogP contribution in [0.2, 0.25) is 0 Å². The molecule has 0 amide bonds. The third kappa shape index (κ3) is 3.76. The van der Waals surface area contributed by atoms with Crippen LogP contribution in [-0.2, 0) is 9.53 Å². The summed E-state index contributed by atoms with van der Waals surface area (Å²) in [7, 11) is 0. The van der Waals surface area contributed by atoms with Crippen LogP contribution in [0.15, 0.2) is 0 Å². The van der Waals surface area contributed by atoms with Crippen molar-refractivity contribution in [2.45, 2.75) is 25.7 Å². The maximum Gasteiger partial charge on any atom is 0.320 e. The van der Waals surface area contributed by atoms with Crippen LogP contribution in [0, 0.1) is 0 Å². The van der Waals surface area contributed by atoms with E-state index >= 15 is 0 Å². The minimum Gasteiger partial charge on any atom is -0.463 e. The Bertz CT molecular complexity index is 221. The van der Waals surface area contributed by atoms with Crippen molar-refractivity contribution >= 4 is 5.97 Å². The van der Waals surface area contributed by atoms with Crippen molar-refractivity contribution in [3.8, 4) is 0 Å². The zero-order valence-electron chi connectivity index (χ0n) is 9.99. The summed E-state index contributed by atoms with van der Waals surface area (Å²) in [5.41, 5.74) is 0. The van der Waals surface area contributed by atoms with E-state index in [-0.39, 0.29) is 5.97 Å². The molecule has 0 atom stereocenters. The van der Waals surface area contributed by atoms with Gasteiger partial charge in [-0.15, -0.1) is 0 Å². The Hall–Kier alpha value is -0.610. The fourth-order valence-corrected chi connectivity index (χ4v) is 2.46. The van der Waals surface area contributed by atoms with Gasteiger partial charge in [0.25, 0.3) is 0 Å². The minimum atomic E-state index is -0.0545. The van der Waals surface area contributed by atoms with E-state index in [1.807, 2.05) is 0 Å². The number of esters is 1. The number of rotatable bonds is 5. The fourth-order valence-electron chi connectivity index (χ4n) is 2.46. The summed E-state index contributed by atoms with van der Waals surface area (Å²) in [6, 6.07) is 0. The van der Waals surface area contributed by atoms with Crippen molar-refractivity contribution in [1.82, 2.24) is 9.80 Å². The summed E-state index contributed by atoms with van der Waals surface area (Å²) >= 11 is 0. The van der Waals surface area contributed by atoms with Crippen LogP contribution < -0.4 is 0 Å². The number of likely N-dealkylation sites (tertiary alicyclic amines) is 2. The van der Waals surface area contributed by atoms with Crippen LogP contribution in [0.1, 0.15) is 25.7 Å². The Kier molecular flexibility index (Phi) is 4.60. The van der Waals surface area contributed by atoms with Crippen LogP contribution in [0.4, 0.5) is 0 Å². The number of hydrogen-bond acceptors (Lipinski definition) is 4. The van der Waals surface area contributed by atoms with E-state index in [2.05, 4.69) is 9.80 Å². The number of nitrogens with zero attached hydrogens (tertiary/aromatic N) is 2. The molecule has 0 unspecified atom stereocenters. The smallest absolute Gasteiger partial charge is 0.320 e. The first kappa shape index (κ1) is 11.9. The molecule has 0 radical (unpaired) electrons. The highest BCUT2D eigenvalue weighted by Crippen LogP contribution is 2.07. The summed E-state index contributed by atoms with van der Waals surface area (Å²) < 4.78 is 5.24. The predicted molar refractivity (Wildman–Crippen MR) is 62.3 cm³/mol. The highest BCUT2D eigenvalue weighted by molar-refractivity contribution is 5.71. The molecule has 0 aromatic rings. The van der Waals surface area contributed by atoms with Gasteiger partial charge in [-0.1, -0.05) is 0 Å². The predicted octanol–water partition coefficient (Wildman–Crippen LogP) is 0.721. The Morgan fingerprint density at radius 1 is 0.938 bits per heavy atom. The topological polar surface area (TPSA) is 32.8 Å². The highest BCUT2D eigenvalue weighted by Gasteiger charge is 2.16. The van der Waals surface area contributed by atoms with Crippen LogP contribution in [-0.4, -0.2) is 61.6 Å². The minimum absolute atomic E-state index is 0.0545. The Morgan fingerprint density at radius 3 is 2.12 bits per heavy atom. The van der Waals surface area contributed by atoms with E-state index in [4.69, 9.17) is 4.74 Å². The average molecular weight is 226 g/mol. The first-order valence-corrected chi connectivity index (χ1v) is 6.45. The summed E-state index contributed by atoms with van der Waals surface area (Å²) in [6.07, 6.45) is 5.03. The molecule has 0 aliphatic carbocycles. The lowest BCUT2D eigenvalue weighted by atomic mass is 10.4. The molecule has 0 saturated carbocycles. The molecule has 2 heterocycles. The SMILES string of the molecule is O=C(CN1CCCC1)OCCN1CCCC1. The molecule has 2 aliphatic heterocycles. The van der Waals surface area contributed by atoms with E-state index < -0.39 is 0 Å². The van der Waals surface area contributed by atoms with Gasteiger partial charge in [0.05, 0.1) is 6.54 Å². The van der Waals surface area contributed by atoms with Crippen molar-refractivity contribution in [3.63, 3.8) is 0 Å². The molecule has 4 nitrogen and oxygen atoms in total. The number of hydrogen-bond donors (Lipinski definition) is 0. The quantitative estimate of drug-likeness (QED) is 0.647.